The summed E-state index contributed by atoms with van der Waals surface area (Å²) >= 11 is 0. The highest BCUT2D eigenvalue weighted by Gasteiger charge is 2.17. The molecule has 0 fully saturated rings. The second kappa shape index (κ2) is 12.0. The Kier molecular flexibility index (Phi) is 9.43. The smallest absolute Gasteiger partial charge is 0.275 e. The van der Waals surface area contributed by atoms with Crippen molar-refractivity contribution in [1.29, 1.82) is 5.41 Å². The van der Waals surface area contributed by atoms with Gasteiger partial charge in [0.1, 0.15) is 12.2 Å². The molecular weight excluding hydrogens is 448 g/mol. The number of amides is 1. The molecule has 1 aromatic carbocycles. The molecule has 0 saturated heterocycles. The van der Waals surface area contributed by atoms with Crippen molar-refractivity contribution in [3.8, 4) is 0 Å². The molecule has 12 heteroatoms. The van der Waals surface area contributed by atoms with Gasteiger partial charge in [0.25, 0.3) is 15.6 Å². The maximum Gasteiger partial charge on any atom is 0.275 e. The number of nitrogens with zero attached hydrogens (tertiary/aromatic N) is 2. The van der Waals surface area contributed by atoms with Crippen LogP contribution >= 0.6 is 0 Å². The predicted molar refractivity (Wildman–Crippen MR) is 125 cm³/mol. The fourth-order valence-corrected chi connectivity index (χ4v) is 4.00. The Morgan fingerprint density at radius 2 is 2.03 bits per heavy atom. The molecule has 2 rings (SSSR count). The van der Waals surface area contributed by atoms with Gasteiger partial charge in [0.05, 0.1) is 11.5 Å². The zero-order valence-corrected chi connectivity index (χ0v) is 19.5. The van der Waals surface area contributed by atoms with E-state index < -0.39 is 21.5 Å². The molecule has 1 heterocycles. The van der Waals surface area contributed by atoms with Crippen LogP contribution in [0.4, 0.5) is 5.69 Å². The molecular formula is C21H30N6O5S. The fraction of sp³-hybridized carbons (Fsp3) is 0.381. The second-order valence-electron chi connectivity index (χ2n) is 7.30. The number of nitrogens with two attached hydrogens (primary N) is 1. The van der Waals surface area contributed by atoms with Gasteiger partial charge in [-0.25, -0.2) is 13.5 Å². The Bertz CT molecular complexity index is 1130. The van der Waals surface area contributed by atoms with Crippen LogP contribution in [0, 0.1) is 12.3 Å². The van der Waals surface area contributed by atoms with Gasteiger partial charge >= 0.3 is 0 Å². The lowest BCUT2D eigenvalue weighted by Crippen LogP contribution is -2.40. The standard InChI is InChI=1S/C21H30N6O5S/c1-3-4-12-27(21(22)23)32-13-10-24-19(28)15-26-11-6-9-18(20(26)29)25-33(30,31)17-8-5-7-16(2)14-17/h5-9,11,14,25H,3-4,10,12-13,15H2,1-2H3,(H3,22,23)(H,24,28). The van der Waals surface area contributed by atoms with Crippen LogP contribution in [0.3, 0.4) is 0 Å². The van der Waals surface area contributed by atoms with Gasteiger partial charge in [0.15, 0.2) is 0 Å². The van der Waals surface area contributed by atoms with Crippen molar-refractivity contribution in [1.82, 2.24) is 14.9 Å². The number of aromatic nitrogens is 1. The quantitative estimate of drug-likeness (QED) is 0.153. The molecule has 0 aliphatic rings. The summed E-state index contributed by atoms with van der Waals surface area (Å²) in [6.07, 6.45) is 3.11. The molecule has 33 heavy (non-hydrogen) atoms. The zero-order valence-electron chi connectivity index (χ0n) is 18.7. The molecule has 180 valence electrons. The summed E-state index contributed by atoms with van der Waals surface area (Å²) in [7, 11) is -3.96. The Morgan fingerprint density at radius 3 is 2.70 bits per heavy atom. The van der Waals surface area contributed by atoms with Gasteiger partial charge in [-0.05, 0) is 43.2 Å². The normalized spacial score (nSPS) is 11.1. The SMILES string of the molecule is CCCCN(OCCNC(=O)Cn1cccc(NS(=O)(=O)c2cccc(C)c2)c1=O)C(=N)N. The molecule has 2 aromatic rings. The Morgan fingerprint density at radius 1 is 1.27 bits per heavy atom. The molecule has 0 unspecified atom stereocenters. The van der Waals surface area contributed by atoms with E-state index in [2.05, 4.69) is 10.0 Å². The number of hydrogen-bond acceptors (Lipinski definition) is 6. The van der Waals surface area contributed by atoms with Gasteiger partial charge in [-0.3, -0.25) is 24.6 Å². The minimum Gasteiger partial charge on any atom is -0.368 e. The number of hydroxylamine groups is 2. The van der Waals surface area contributed by atoms with Crippen LogP contribution in [0.15, 0.2) is 52.3 Å². The van der Waals surface area contributed by atoms with Gasteiger partial charge in [-0.15, -0.1) is 0 Å². The molecule has 1 aromatic heterocycles. The number of carbonyl (C=O) groups excluding carboxylic acids is 1. The first-order valence-corrected chi connectivity index (χ1v) is 11.9. The van der Waals surface area contributed by atoms with Gasteiger partial charge < -0.3 is 15.6 Å². The topological polar surface area (TPSA) is 160 Å². The summed E-state index contributed by atoms with van der Waals surface area (Å²) in [4.78, 5) is 30.3. The van der Waals surface area contributed by atoms with E-state index in [4.69, 9.17) is 16.0 Å². The number of anilines is 1. The van der Waals surface area contributed by atoms with Crippen LogP contribution in [-0.2, 0) is 26.2 Å². The Labute approximate surface area is 193 Å². The number of rotatable bonds is 12. The first-order chi connectivity index (χ1) is 15.6. The molecule has 0 saturated carbocycles. The maximum atomic E-state index is 12.7. The fourth-order valence-electron chi connectivity index (χ4n) is 2.84. The van der Waals surface area contributed by atoms with Crippen LogP contribution < -0.4 is 21.3 Å². The third kappa shape index (κ3) is 7.91. The van der Waals surface area contributed by atoms with Crippen molar-refractivity contribution in [3.63, 3.8) is 0 Å². The van der Waals surface area contributed by atoms with Crippen molar-refractivity contribution in [2.45, 2.75) is 38.1 Å². The summed E-state index contributed by atoms with van der Waals surface area (Å²) in [5.74, 6) is -0.673. The zero-order chi connectivity index (χ0) is 24.4. The van der Waals surface area contributed by atoms with E-state index in [-0.39, 0.29) is 36.2 Å². The van der Waals surface area contributed by atoms with Crippen LogP contribution in [0.1, 0.15) is 25.3 Å². The van der Waals surface area contributed by atoms with Gasteiger partial charge in [0, 0.05) is 19.3 Å². The molecule has 0 atom stereocenters. The largest absolute Gasteiger partial charge is 0.368 e. The molecule has 1 amide bonds. The summed E-state index contributed by atoms with van der Waals surface area (Å²) in [5.41, 5.74) is 5.40. The van der Waals surface area contributed by atoms with Crippen molar-refractivity contribution in [3.05, 3.63) is 58.5 Å². The number of pyridine rings is 1. The average molecular weight is 479 g/mol. The summed E-state index contributed by atoms with van der Waals surface area (Å²) in [6, 6.07) is 9.12. The number of sulfonamides is 1. The Balaban J connectivity index is 1.95. The number of hydrogen-bond donors (Lipinski definition) is 4. The van der Waals surface area contributed by atoms with Gasteiger partial charge in [-0.2, -0.15) is 0 Å². The average Bonchev–Trinajstić information content (AvgIpc) is 2.75. The third-order valence-corrected chi connectivity index (χ3v) is 5.90. The number of nitrogens with one attached hydrogen (secondary N) is 3. The first-order valence-electron chi connectivity index (χ1n) is 10.4. The highest BCUT2D eigenvalue weighted by Crippen LogP contribution is 2.14. The first kappa shape index (κ1) is 25.9. The monoisotopic (exact) mass is 478 g/mol. The molecule has 0 aliphatic carbocycles. The highest BCUT2D eigenvalue weighted by atomic mass is 32.2. The number of unbranched alkanes of at least 4 members (excludes halogenated alkanes) is 1. The number of carbonyl (C=O) groups is 1. The molecule has 0 bridgehead atoms. The molecule has 5 N–H and O–H groups in total. The number of guanidine groups is 1. The molecule has 0 spiro atoms. The number of benzene rings is 1. The van der Waals surface area contributed by atoms with Gasteiger partial charge in [0.2, 0.25) is 11.9 Å². The second-order valence-corrected chi connectivity index (χ2v) is 8.98. The lowest BCUT2D eigenvalue weighted by molar-refractivity contribution is -0.124. The van der Waals surface area contributed by atoms with E-state index in [1.54, 1.807) is 19.1 Å². The van der Waals surface area contributed by atoms with E-state index in [9.17, 15) is 18.0 Å². The van der Waals surface area contributed by atoms with E-state index in [1.165, 1.54) is 35.5 Å². The van der Waals surface area contributed by atoms with Crippen LogP contribution in [0.25, 0.3) is 0 Å². The summed E-state index contributed by atoms with van der Waals surface area (Å²) in [5, 5.41) is 11.3. The number of aryl methyl sites for hydroxylation is 1. The van der Waals surface area contributed by atoms with E-state index in [1.807, 2.05) is 6.92 Å². The van der Waals surface area contributed by atoms with Gasteiger partial charge in [-0.1, -0.05) is 25.5 Å². The molecule has 0 radical (unpaired) electrons. The van der Waals surface area contributed by atoms with Crippen molar-refractivity contribution >= 4 is 27.6 Å². The predicted octanol–water partition coefficient (Wildman–Crippen LogP) is 1.00. The van der Waals surface area contributed by atoms with Crippen LogP contribution in [0.5, 0.6) is 0 Å². The summed E-state index contributed by atoms with van der Waals surface area (Å²) < 4.78 is 28.6. The van der Waals surface area contributed by atoms with E-state index in [0.717, 1.165) is 23.0 Å². The van der Waals surface area contributed by atoms with Crippen LogP contribution in [0.2, 0.25) is 0 Å². The van der Waals surface area contributed by atoms with Crippen molar-refractivity contribution in [2.24, 2.45) is 5.73 Å². The molecule has 0 aliphatic heterocycles. The van der Waals surface area contributed by atoms with E-state index in [0.29, 0.717) is 6.54 Å². The summed E-state index contributed by atoms with van der Waals surface area (Å²) in [6.45, 7) is 4.18. The molecule has 11 nitrogen and oxygen atoms in total. The lowest BCUT2D eigenvalue weighted by Gasteiger charge is -2.21. The minimum absolute atomic E-state index is 0.0357. The lowest BCUT2D eigenvalue weighted by atomic mass is 10.2. The van der Waals surface area contributed by atoms with Crippen molar-refractivity contribution in [2.75, 3.05) is 24.4 Å². The Hall–Kier alpha value is -3.38. The maximum absolute atomic E-state index is 12.7. The third-order valence-electron chi connectivity index (χ3n) is 4.53. The van der Waals surface area contributed by atoms with Crippen molar-refractivity contribution < 1.29 is 18.0 Å². The van der Waals surface area contributed by atoms with Crippen LogP contribution in [-0.4, -0.2) is 49.6 Å². The van der Waals surface area contributed by atoms with E-state index >= 15 is 0 Å². The highest BCUT2D eigenvalue weighted by molar-refractivity contribution is 7.92. The minimum atomic E-state index is -3.96.